The third-order valence-corrected chi connectivity index (χ3v) is 3.37. The average molecular weight is 277 g/mol. The van der Waals surface area contributed by atoms with E-state index in [2.05, 4.69) is 37.8 Å². The number of hydrogen-bond donors (Lipinski definition) is 3. The maximum atomic E-state index is 11.9. The van der Waals surface area contributed by atoms with Crippen LogP contribution >= 0.6 is 11.3 Å². The molecule has 7 nitrogen and oxygen atoms in total. The number of nitrogens with zero attached hydrogens (tertiary/aromatic N) is 3. The van der Waals surface area contributed by atoms with Crippen LogP contribution in [0.1, 0.15) is 25.9 Å². The molecule has 0 unspecified atom stereocenters. The summed E-state index contributed by atoms with van der Waals surface area (Å²) in [5, 5.41) is 24.5. The summed E-state index contributed by atoms with van der Waals surface area (Å²) in [6.07, 6.45) is 0. The molecule has 0 aromatic carbocycles. The van der Waals surface area contributed by atoms with Gasteiger partial charge in [0.25, 0.3) is 5.91 Å². The van der Waals surface area contributed by atoms with Crippen molar-refractivity contribution in [1.82, 2.24) is 25.9 Å². The number of aromatic amines is 1. The van der Waals surface area contributed by atoms with Crippen molar-refractivity contribution in [2.75, 3.05) is 6.61 Å². The molecule has 0 saturated carbocycles. The van der Waals surface area contributed by atoms with Gasteiger partial charge in [-0.15, -0.1) is 21.5 Å². The lowest BCUT2D eigenvalue weighted by molar-refractivity contribution is 0.0954. The molecule has 0 aliphatic carbocycles. The lowest BCUT2D eigenvalue weighted by atomic mass is 10.2. The molecule has 2 rings (SSSR count). The van der Waals surface area contributed by atoms with E-state index in [9.17, 15) is 4.79 Å². The number of aryl methyl sites for hydroxylation is 1. The van der Waals surface area contributed by atoms with E-state index in [-0.39, 0.29) is 19.1 Å². The fourth-order valence-electron chi connectivity index (χ4n) is 1.34. The molecule has 19 heavy (non-hydrogen) atoms. The summed E-state index contributed by atoms with van der Waals surface area (Å²) >= 11 is 1.28. The maximum Gasteiger partial charge on any atom is 0.261 e. The first-order valence-corrected chi connectivity index (χ1v) is 6.23. The summed E-state index contributed by atoms with van der Waals surface area (Å²) in [6, 6.07) is 1.76. The minimum absolute atomic E-state index is 0.198. The number of amides is 1. The number of tetrazole rings is 1. The highest BCUT2D eigenvalue weighted by Gasteiger charge is 2.12. The number of thiophene rings is 1. The van der Waals surface area contributed by atoms with Gasteiger partial charge in [-0.1, -0.05) is 17.1 Å². The molecule has 98 valence electrons. The van der Waals surface area contributed by atoms with Crippen LogP contribution in [0.3, 0.4) is 0 Å². The zero-order chi connectivity index (χ0) is 13.7. The molecule has 0 fully saturated rings. The van der Waals surface area contributed by atoms with Gasteiger partial charge in [-0.2, -0.15) is 5.21 Å². The number of carbonyl (C=O) groups is 1. The van der Waals surface area contributed by atoms with Crippen LogP contribution in [-0.2, 0) is 6.54 Å². The zero-order valence-electron chi connectivity index (χ0n) is 10.1. The van der Waals surface area contributed by atoms with E-state index >= 15 is 0 Å². The Kier molecular flexibility index (Phi) is 4.22. The summed E-state index contributed by atoms with van der Waals surface area (Å²) in [4.78, 5) is 13.2. The first-order valence-electron chi connectivity index (χ1n) is 5.41. The Morgan fingerprint density at radius 3 is 3.16 bits per heavy atom. The lowest BCUT2D eigenvalue weighted by Gasteiger charge is -1.98. The summed E-state index contributed by atoms with van der Waals surface area (Å²) in [5.41, 5.74) is 0.913. The number of aliphatic hydroxyl groups is 1. The molecule has 2 aromatic rings. The second-order valence-electron chi connectivity index (χ2n) is 3.59. The fraction of sp³-hybridized carbons (Fsp3) is 0.273. The number of rotatable bonds is 3. The van der Waals surface area contributed by atoms with Crippen LogP contribution < -0.4 is 5.32 Å². The maximum absolute atomic E-state index is 11.9. The SMILES string of the molecule is Cc1cc(C(=O)NCc2nn[nH]n2)sc1C#CCO. The predicted octanol–water partition coefficient (Wildman–Crippen LogP) is -0.157. The molecule has 0 bridgehead atoms. The summed E-state index contributed by atoms with van der Waals surface area (Å²) < 4.78 is 0. The van der Waals surface area contributed by atoms with E-state index in [0.29, 0.717) is 10.7 Å². The molecule has 0 aliphatic rings. The van der Waals surface area contributed by atoms with Gasteiger partial charge in [0.15, 0.2) is 5.82 Å². The highest BCUT2D eigenvalue weighted by atomic mass is 32.1. The van der Waals surface area contributed by atoms with Crippen LogP contribution in [0.5, 0.6) is 0 Å². The van der Waals surface area contributed by atoms with E-state index in [1.54, 1.807) is 6.07 Å². The van der Waals surface area contributed by atoms with Gasteiger partial charge in [-0.05, 0) is 18.6 Å². The highest BCUT2D eigenvalue weighted by Crippen LogP contribution is 2.20. The topological polar surface area (TPSA) is 104 Å². The van der Waals surface area contributed by atoms with Gasteiger partial charge < -0.3 is 10.4 Å². The molecule has 3 N–H and O–H groups in total. The van der Waals surface area contributed by atoms with Crippen molar-refractivity contribution in [3.63, 3.8) is 0 Å². The molecule has 0 atom stereocenters. The van der Waals surface area contributed by atoms with E-state index in [0.717, 1.165) is 10.4 Å². The van der Waals surface area contributed by atoms with Gasteiger partial charge in [0.05, 0.1) is 16.3 Å². The van der Waals surface area contributed by atoms with Crippen LogP contribution in [0, 0.1) is 18.8 Å². The number of aliphatic hydroxyl groups excluding tert-OH is 1. The Balaban J connectivity index is 2.03. The van der Waals surface area contributed by atoms with E-state index in [4.69, 9.17) is 5.11 Å². The standard InChI is InChI=1S/C11H11N5O2S/c1-7-5-9(19-8(7)3-2-4-17)11(18)12-6-10-13-15-16-14-10/h5,17H,4,6H2,1H3,(H,12,18)(H,13,14,15,16). The van der Waals surface area contributed by atoms with Crippen molar-refractivity contribution in [3.8, 4) is 11.8 Å². The second kappa shape index (κ2) is 6.08. The summed E-state index contributed by atoms with van der Waals surface area (Å²) in [6.45, 7) is 1.88. The molecule has 0 spiro atoms. The van der Waals surface area contributed by atoms with Crippen LogP contribution in [0.2, 0.25) is 0 Å². The fourth-order valence-corrected chi connectivity index (χ4v) is 2.31. The van der Waals surface area contributed by atoms with Crippen molar-refractivity contribution < 1.29 is 9.90 Å². The number of hydrogen-bond acceptors (Lipinski definition) is 6. The summed E-state index contributed by atoms with van der Waals surface area (Å²) in [7, 11) is 0. The molecule has 0 radical (unpaired) electrons. The van der Waals surface area contributed by atoms with Gasteiger partial charge >= 0.3 is 0 Å². The minimum Gasteiger partial charge on any atom is -0.384 e. The first kappa shape index (κ1) is 13.2. The molecule has 0 saturated heterocycles. The van der Waals surface area contributed by atoms with Gasteiger partial charge in [0, 0.05) is 0 Å². The van der Waals surface area contributed by atoms with Gasteiger partial charge in [0.1, 0.15) is 6.61 Å². The quantitative estimate of drug-likeness (QED) is 0.676. The number of nitrogens with one attached hydrogen (secondary N) is 2. The number of aromatic nitrogens is 4. The minimum atomic E-state index is -0.213. The number of H-pyrrole nitrogens is 1. The molecule has 2 aromatic heterocycles. The van der Waals surface area contributed by atoms with E-state index in [1.165, 1.54) is 11.3 Å². The van der Waals surface area contributed by atoms with Crippen LogP contribution in [0.15, 0.2) is 6.07 Å². The second-order valence-corrected chi connectivity index (χ2v) is 4.65. The molecule has 1 amide bonds. The van der Waals surface area contributed by atoms with Gasteiger partial charge in [-0.3, -0.25) is 4.79 Å². The Morgan fingerprint density at radius 1 is 1.63 bits per heavy atom. The smallest absolute Gasteiger partial charge is 0.261 e. The summed E-state index contributed by atoms with van der Waals surface area (Å²) in [5.74, 6) is 5.58. The van der Waals surface area contributed by atoms with E-state index in [1.807, 2.05) is 6.92 Å². The number of carbonyl (C=O) groups excluding carboxylic acids is 1. The molecule has 0 aliphatic heterocycles. The molecule has 8 heteroatoms. The zero-order valence-corrected chi connectivity index (χ0v) is 10.9. The molecular weight excluding hydrogens is 266 g/mol. The Hall–Kier alpha value is -2.24. The highest BCUT2D eigenvalue weighted by molar-refractivity contribution is 7.14. The first-order chi connectivity index (χ1) is 9.20. The molecular formula is C11H11N5O2S. The van der Waals surface area contributed by atoms with E-state index < -0.39 is 0 Å². The third kappa shape index (κ3) is 3.37. The van der Waals surface area contributed by atoms with Crippen molar-refractivity contribution in [1.29, 1.82) is 0 Å². The Labute approximate surface area is 113 Å². The van der Waals surface area contributed by atoms with Crippen molar-refractivity contribution >= 4 is 17.2 Å². The van der Waals surface area contributed by atoms with Crippen LogP contribution in [-0.4, -0.2) is 38.2 Å². The van der Waals surface area contributed by atoms with Crippen molar-refractivity contribution in [3.05, 3.63) is 27.2 Å². The van der Waals surface area contributed by atoms with Gasteiger partial charge in [0.2, 0.25) is 0 Å². The van der Waals surface area contributed by atoms with Crippen molar-refractivity contribution in [2.45, 2.75) is 13.5 Å². The average Bonchev–Trinajstić information content (AvgIpc) is 3.03. The largest absolute Gasteiger partial charge is 0.384 e. The van der Waals surface area contributed by atoms with Crippen LogP contribution in [0.25, 0.3) is 0 Å². The van der Waals surface area contributed by atoms with Gasteiger partial charge in [-0.25, -0.2) is 0 Å². The normalized spacial score (nSPS) is 9.79. The Bertz CT molecular complexity index is 623. The van der Waals surface area contributed by atoms with Crippen LogP contribution in [0.4, 0.5) is 0 Å². The predicted molar refractivity (Wildman–Crippen MR) is 68.4 cm³/mol. The third-order valence-electron chi connectivity index (χ3n) is 2.22. The van der Waals surface area contributed by atoms with Crippen molar-refractivity contribution in [2.24, 2.45) is 0 Å². The Morgan fingerprint density at radius 2 is 2.47 bits per heavy atom. The molecule has 2 heterocycles. The monoisotopic (exact) mass is 277 g/mol. The lowest BCUT2D eigenvalue weighted by Crippen LogP contribution is -2.22.